The maximum Gasteiger partial charge on any atom is 0.420 e. The Morgan fingerprint density at radius 1 is 1.15 bits per heavy atom. The van der Waals surface area contributed by atoms with E-state index in [9.17, 15) is 27.6 Å². The molecule has 1 atom stereocenters. The van der Waals surface area contributed by atoms with E-state index in [0.717, 1.165) is 0 Å². The van der Waals surface area contributed by atoms with Gasteiger partial charge in [-0.3, -0.25) is 14.9 Å². The SMILES string of the molecule is CC(C)CC(NC(=O)OCc1ccccc1)(C(=O)NCC(N)=O)C(F)(F)F. The number of alkyl halides is 3. The van der Waals surface area contributed by atoms with Crippen molar-refractivity contribution in [2.45, 2.75) is 38.6 Å². The third-order valence-electron chi connectivity index (χ3n) is 3.54. The van der Waals surface area contributed by atoms with E-state index >= 15 is 0 Å². The first-order valence-corrected chi connectivity index (χ1v) is 8.10. The molecule has 0 fully saturated rings. The average molecular weight is 389 g/mol. The topological polar surface area (TPSA) is 111 Å². The zero-order valence-electron chi connectivity index (χ0n) is 14.9. The van der Waals surface area contributed by atoms with Crippen molar-refractivity contribution in [3.63, 3.8) is 0 Å². The first kappa shape index (κ1) is 22.3. The van der Waals surface area contributed by atoms with Gasteiger partial charge >= 0.3 is 12.3 Å². The zero-order chi connectivity index (χ0) is 20.7. The van der Waals surface area contributed by atoms with Gasteiger partial charge in [-0.15, -0.1) is 0 Å². The summed E-state index contributed by atoms with van der Waals surface area (Å²) in [6.45, 7) is 1.85. The van der Waals surface area contributed by atoms with Gasteiger partial charge in [0.25, 0.3) is 5.91 Å². The number of carbonyl (C=O) groups is 3. The lowest BCUT2D eigenvalue weighted by Gasteiger charge is -2.35. The molecular weight excluding hydrogens is 367 g/mol. The number of primary amides is 1. The Labute approximate surface area is 154 Å². The first-order valence-electron chi connectivity index (χ1n) is 8.10. The van der Waals surface area contributed by atoms with Crippen molar-refractivity contribution in [3.8, 4) is 0 Å². The molecule has 27 heavy (non-hydrogen) atoms. The fraction of sp³-hybridized carbons (Fsp3) is 0.471. The van der Waals surface area contributed by atoms with Crippen molar-refractivity contribution in [3.05, 3.63) is 35.9 Å². The Hall–Kier alpha value is -2.78. The van der Waals surface area contributed by atoms with Crippen LogP contribution < -0.4 is 16.4 Å². The Morgan fingerprint density at radius 2 is 1.74 bits per heavy atom. The summed E-state index contributed by atoms with van der Waals surface area (Å²) < 4.78 is 46.2. The van der Waals surface area contributed by atoms with Crippen LogP contribution in [0.5, 0.6) is 0 Å². The van der Waals surface area contributed by atoms with E-state index in [1.165, 1.54) is 13.8 Å². The van der Waals surface area contributed by atoms with Gasteiger partial charge < -0.3 is 15.8 Å². The molecule has 150 valence electrons. The number of hydrogen-bond donors (Lipinski definition) is 3. The van der Waals surface area contributed by atoms with Gasteiger partial charge in [-0.25, -0.2) is 4.79 Å². The van der Waals surface area contributed by atoms with E-state index in [2.05, 4.69) is 0 Å². The van der Waals surface area contributed by atoms with Crippen LogP contribution in [0.4, 0.5) is 18.0 Å². The lowest BCUT2D eigenvalue weighted by Crippen LogP contribution is -2.68. The molecule has 1 rings (SSSR count). The lowest BCUT2D eigenvalue weighted by molar-refractivity contribution is -0.202. The van der Waals surface area contributed by atoms with Gasteiger partial charge in [0.2, 0.25) is 11.4 Å². The predicted octanol–water partition coefficient (Wildman–Crippen LogP) is 1.86. The summed E-state index contributed by atoms with van der Waals surface area (Å²) in [4.78, 5) is 35.0. The molecular formula is C17H22F3N3O4. The van der Waals surface area contributed by atoms with Crippen molar-refractivity contribution in [1.82, 2.24) is 10.6 Å². The van der Waals surface area contributed by atoms with E-state index in [1.807, 2.05) is 5.32 Å². The van der Waals surface area contributed by atoms with Crippen LogP contribution in [0, 0.1) is 5.92 Å². The molecule has 1 aromatic carbocycles. The molecule has 3 amide bonds. The number of nitrogens with one attached hydrogen (secondary N) is 2. The summed E-state index contributed by atoms with van der Waals surface area (Å²) in [6.07, 6.45) is -7.29. The molecule has 10 heteroatoms. The second-order valence-electron chi connectivity index (χ2n) is 6.34. The van der Waals surface area contributed by atoms with E-state index in [4.69, 9.17) is 10.5 Å². The van der Waals surface area contributed by atoms with Gasteiger partial charge in [-0.2, -0.15) is 13.2 Å². The van der Waals surface area contributed by atoms with Gasteiger partial charge in [0.1, 0.15) is 6.61 Å². The number of hydrogen-bond acceptors (Lipinski definition) is 4. The third kappa shape index (κ3) is 6.46. The highest BCUT2D eigenvalue weighted by atomic mass is 19.4. The Balaban J connectivity index is 3.02. The van der Waals surface area contributed by atoms with Crippen LogP contribution >= 0.6 is 0 Å². The number of ether oxygens (including phenoxy) is 1. The van der Waals surface area contributed by atoms with Crippen molar-refractivity contribution < 1.29 is 32.3 Å². The molecule has 1 unspecified atom stereocenters. The lowest BCUT2D eigenvalue weighted by atomic mass is 9.87. The highest BCUT2D eigenvalue weighted by molar-refractivity contribution is 5.93. The summed E-state index contributed by atoms with van der Waals surface area (Å²) in [5, 5.41) is 3.46. The van der Waals surface area contributed by atoms with Crippen LogP contribution in [-0.4, -0.2) is 36.2 Å². The van der Waals surface area contributed by atoms with Crippen LogP contribution in [0.2, 0.25) is 0 Å². The van der Waals surface area contributed by atoms with E-state index in [-0.39, 0.29) is 6.61 Å². The molecule has 0 aromatic heterocycles. The molecule has 4 N–H and O–H groups in total. The molecule has 0 spiro atoms. The molecule has 0 saturated carbocycles. The second-order valence-corrected chi connectivity index (χ2v) is 6.34. The second kappa shape index (κ2) is 9.24. The molecule has 0 radical (unpaired) electrons. The molecule has 0 bridgehead atoms. The van der Waals surface area contributed by atoms with Crippen LogP contribution in [0.1, 0.15) is 25.8 Å². The number of alkyl carbamates (subject to hydrolysis) is 1. The van der Waals surface area contributed by atoms with Crippen LogP contribution in [0.25, 0.3) is 0 Å². The van der Waals surface area contributed by atoms with E-state index in [0.29, 0.717) is 5.56 Å². The maximum absolute atomic E-state index is 13.8. The van der Waals surface area contributed by atoms with Crippen LogP contribution in [0.15, 0.2) is 30.3 Å². The summed E-state index contributed by atoms with van der Waals surface area (Å²) in [6, 6.07) is 8.32. The van der Waals surface area contributed by atoms with E-state index < -0.39 is 48.5 Å². The molecule has 0 aliphatic carbocycles. The fourth-order valence-electron chi connectivity index (χ4n) is 2.38. The summed E-state index contributed by atoms with van der Waals surface area (Å²) >= 11 is 0. The smallest absolute Gasteiger partial charge is 0.420 e. The zero-order valence-corrected chi connectivity index (χ0v) is 14.9. The minimum Gasteiger partial charge on any atom is -0.445 e. The van der Waals surface area contributed by atoms with Gasteiger partial charge in [0.15, 0.2) is 0 Å². The van der Waals surface area contributed by atoms with Crippen molar-refractivity contribution >= 4 is 17.9 Å². The number of carbonyl (C=O) groups excluding carboxylic acids is 3. The molecule has 1 aromatic rings. The first-order chi connectivity index (χ1) is 12.5. The van der Waals surface area contributed by atoms with Crippen molar-refractivity contribution in [2.75, 3.05) is 6.54 Å². The Morgan fingerprint density at radius 3 is 2.22 bits per heavy atom. The van der Waals surface area contributed by atoms with Gasteiger partial charge in [-0.1, -0.05) is 44.2 Å². The maximum atomic E-state index is 13.8. The minimum atomic E-state index is -5.13. The molecule has 0 aliphatic heterocycles. The number of halogens is 3. The summed E-state index contributed by atoms with van der Waals surface area (Å²) in [5.41, 5.74) is 2.16. The third-order valence-corrected chi connectivity index (χ3v) is 3.54. The van der Waals surface area contributed by atoms with Gasteiger partial charge in [-0.05, 0) is 17.9 Å². The Bertz CT molecular complexity index is 665. The quantitative estimate of drug-likeness (QED) is 0.630. The van der Waals surface area contributed by atoms with Crippen LogP contribution in [-0.2, 0) is 20.9 Å². The monoisotopic (exact) mass is 389 g/mol. The number of nitrogens with two attached hydrogens (primary N) is 1. The number of amides is 3. The predicted molar refractivity (Wildman–Crippen MR) is 90.2 cm³/mol. The minimum absolute atomic E-state index is 0.273. The van der Waals surface area contributed by atoms with E-state index in [1.54, 1.807) is 35.6 Å². The Kier molecular flexibility index (Phi) is 7.62. The standard InChI is InChI=1S/C17H22F3N3O4/c1-11(2)8-16(17(18,19)20,14(25)22-9-13(21)24)23-15(26)27-10-12-6-4-3-5-7-12/h3-7,11H,8-10H2,1-2H3,(H2,21,24)(H,22,25)(H,23,26). The van der Waals surface area contributed by atoms with Crippen molar-refractivity contribution in [1.29, 1.82) is 0 Å². The number of benzene rings is 1. The van der Waals surface area contributed by atoms with Gasteiger partial charge in [0, 0.05) is 0 Å². The highest BCUT2D eigenvalue weighted by Crippen LogP contribution is 2.36. The largest absolute Gasteiger partial charge is 0.445 e. The molecule has 0 saturated heterocycles. The summed E-state index contributed by atoms with van der Waals surface area (Å²) in [5.74, 6) is -3.21. The van der Waals surface area contributed by atoms with Gasteiger partial charge in [0.05, 0.1) is 6.54 Å². The number of rotatable bonds is 8. The summed E-state index contributed by atoms with van der Waals surface area (Å²) in [7, 11) is 0. The molecule has 7 nitrogen and oxygen atoms in total. The molecule has 0 aliphatic rings. The van der Waals surface area contributed by atoms with Crippen molar-refractivity contribution in [2.24, 2.45) is 11.7 Å². The normalized spacial score (nSPS) is 13.6. The average Bonchev–Trinajstić information content (AvgIpc) is 2.56. The highest BCUT2D eigenvalue weighted by Gasteiger charge is 2.61. The van der Waals surface area contributed by atoms with Crippen LogP contribution in [0.3, 0.4) is 0 Å². The fourth-order valence-corrected chi connectivity index (χ4v) is 2.38. The molecule has 0 heterocycles.